The summed E-state index contributed by atoms with van der Waals surface area (Å²) in [6.07, 6.45) is 1.38. The van der Waals surface area contributed by atoms with Crippen LogP contribution in [0.25, 0.3) is 0 Å². The first-order valence-corrected chi connectivity index (χ1v) is 13.6. The lowest BCUT2D eigenvalue weighted by atomic mass is 10.0. The lowest BCUT2D eigenvalue weighted by Gasteiger charge is -2.31. The van der Waals surface area contributed by atoms with Gasteiger partial charge in [0.05, 0.1) is 35.4 Å². The topological polar surface area (TPSA) is 102 Å². The van der Waals surface area contributed by atoms with Gasteiger partial charge in [0.1, 0.15) is 0 Å². The van der Waals surface area contributed by atoms with Gasteiger partial charge in [-0.25, -0.2) is 16.8 Å². The molecule has 0 unspecified atom stereocenters. The average molecular weight is 503 g/mol. The number of hydrogen-bond donors (Lipinski definition) is 1. The third-order valence-corrected chi connectivity index (χ3v) is 8.89. The number of anilines is 2. The summed E-state index contributed by atoms with van der Waals surface area (Å²) in [6, 6.07) is 15.9. The van der Waals surface area contributed by atoms with Crippen LogP contribution in [0.5, 0.6) is 11.5 Å². The number of sulfonamides is 2. The van der Waals surface area contributed by atoms with E-state index in [-0.39, 0.29) is 21.2 Å². The Kier molecular flexibility index (Phi) is 6.46. The first-order chi connectivity index (χ1) is 16.2. The fourth-order valence-corrected chi connectivity index (χ4v) is 6.49. The minimum absolute atomic E-state index is 0.00740. The molecule has 0 spiro atoms. The summed E-state index contributed by atoms with van der Waals surface area (Å²) in [7, 11) is -4.87. The molecule has 180 valence electrons. The van der Waals surface area contributed by atoms with E-state index in [2.05, 4.69) is 4.72 Å². The van der Waals surface area contributed by atoms with Crippen molar-refractivity contribution in [3.63, 3.8) is 0 Å². The van der Waals surface area contributed by atoms with Gasteiger partial charge in [-0.15, -0.1) is 0 Å². The molecule has 0 fully saturated rings. The van der Waals surface area contributed by atoms with Crippen molar-refractivity contribution < 1.29 is 26.3 Å². The molecule has 10 heteroatoms. The zero-order valence-corrected chi connectivity index (χ0v) is 20.7. The Morgan fingerprint density at radius 2 is 1.50 bits per heavy atom. The third kappa shape index (κ3) is 4.55. The normalized spacial score (nSPS) is 13.8. The highest BCUT2D eigenvalue weighted by molar-refractivity contribution is 7.93. The molecular formula is C24H26N2O6S2. The molecule has 1 heterocycles. The summed E-state index contributed by atoms with van der Waals surface area (Å²) in [5.41, 5.74) is 2.54. The van der Waals surface area contributed by atoms with Crippen LogP contribution in [0.2, 0.25) is 0 Å². The molecule has 1 N–H and O–H groups in total. The predicted molar refractivity (Wildman–Crippen MR) is 131 cm³/mol. The summed E-state index contributed by atoms with van der Waals surface area (Å²) < 4.78 is 67.1. The van der Waals surface area contributed by atoms with Gasteiger partial charge in [0, 0.05) is 12.6 Å². The molecule has 0 aliphatic carbocycles. The molecule has 0 saturated heterocycles. The lowest BCUT2D eigenvalue weighted by Crippen LogP contribution is -2.35. The molecule has 0 aromatic heterocycles. The van der Waals surface area contributed by atoms with Crippen LogP contribution in [0.3, 0.4) is 0 Å². The Morgan fingerprint density at radius 3 is 2.18 bits per heavy atom. The Labute approximate surface area is 200 Å². The summed E-state index contributed by atoms with van der Waals surface area (Å²) in [5.74, 6) is 0.693. The molecule has 8 nitrogen and oxygen atoms in total. The van der Waals surface area contributed by atoms with Crippen molar-refractivity contribution >= 4 is 31.4 Å². The van der Waals surface area contributed by atoms with E-state index in [1.165, 1.54) is 36.7 Å². The van der Waals surface area contributed by atoms with Gasteiger partial charge >= 0.3 is 0 Å². The number of fused-ring (bicyclic) bond motifs is 1. The maximum atomic E-state index is 13.4. The molecule has 0 bridgehead atoms. The summed E-state index contributed by atoms with van der Waals surface area (Å²) in [6.45, 7) is 2.21. The van der Waals surface area contributed by atoms with E-state index >= 15 is 0 Å². The Balaban J connectivity index is 1.68. The Hall–Kier alpha value is -3.24. The molecule has 3 aromatic carbocycles. The number of nitrogens with one attached hydrogen (secondary N) is 1. The minimum atomic E-state index is -3.96. The smallest absolute Gasteiger partial charge is 0.264 e. The first kappa shape index (κ1) is 23.9. The monoisotopic (exact) mass is 502 g/mol. The molecule has 1 aliphatic heterocycles. The van der Waals surface area contributed by atoms with E-state index < -0.39 is 20.0 Å². The van der Waals surface area contributed by atoms with Gasteiger partial charge < -0.3 is 9.47 Å². The fraction of sp³-hybridized carbons (Fsp3) is 0.250. The number of benzene rings is 3. The Bertz CT molecular complexity index is 1420. The average Bonchev–Trinajstić information content (AvgIpc) is 2.83. The van der Waals surface area contributed by atoms with Gasteiger partial charge in [0.2, 0.25) is 0 Å². The van der Waals surface area contributed by atoms with E-state index in [0.717, 1.165) is 11.1 Å². The summed E-state index contributed by atoms with van der Waals surface area (Å²) in [5, 5.41) is 0. The van der Waals surface area contributed by atoms with Crippen molar-refractivity contribution in [1.29, 1.82) is 0 Å². The van der Waals surface area contributed by atoms with Crippen LogP contribution in [0, 0.1) is 6.92 Å². The van der Waals surface area contributed by atoms with Crippen molar-refractivity contribution in [2.24, 2.45) is 0 Å². The van der Waals surface area contributed by atoms with E-state index in [4.69, 9.17) is 9.47 Å². The predicted octanol–water partition coefficient (Wildman–Crippen LogP) is 3.95. The largest absolute Gasteiger partial charge is 0.493 e. The van der Waals surface area contributed by atoms with Crippen LogP contribution < -0.4 is 18.5 Å². The van der Waals surface area contributed by atoms with Gasteiger partial charge in [0.25, 0.3) is 20.0 Å². The molecular weight excluding hydrogens is 476 g/mol. The minimum Gasteiger partial charge on any atom is -0.493 e. The number of rotatable bonds is 7. The van der Waals surface area contributed by atoms with E-state index in [9.17, 15) is 16.8 Å². The molecule has 0 saturated carbocycles. The van der Waals surface area contributed by atoms with Gasteiger partial charge in [-0.1, -0.05) is 23.8 Å². The molecule has 0 atom stereocenters. The van der Waals surface area contributed by atoms with Crippen LogP contribution in [-0.2, 0) is 26.5 Å². The van der Waals surface area contributed by atoms with Crippen LogP contribution in [-0.4, -0.2) is 37.6 Å². The van der Waals surface area contributed by atoms with E-state index in [1.807, 2.05) is 6.92 Å². The summed E-state index contributed by atoms with van der Waals surface area (Å²) in [4.78, 5) is 0.189. The maximum Gasteiger partial charge on any atom is 0.264 e. The van der Waals surface area contributed by atoms with Gasteiger partial charge in [-0.3, -0.25) is 9.03 Å². The number of methoxy groups -OCH3 is 2. The van der Waals surface area contributed by atoms with Crippen LogP contribution in [0.15, 0.2) is 70.5 Å². The molecule has 0 radical (unpaired) electrons. The number of hydrogen-bond acceptors (Lipinski definition) is 6. The quantitative estimate of drug-likeness (QED) is 0.525. The van der Waals surface area contributed by atoms with Crippen LogP contribution >= 0.6 is 0 Å². The second kappa shape index (κ2) is 9.19. The molecule has 4 rings (SSSR count). The number of aryl methyl sites for hydroxylation is 2. The van der Waals surface area contributed by atoms with Crippen molar-refractivity contribution in [2.45, 2.75) is 29.6 Å². The van der Waals surface area contributed by atoms with Gasteiger partial charge in [-0.05, 0) is 61.7 Å². The standard InChI is InChI=1S/C24H26N2O6S2/c1-17-6-10-20(11-7-17)34(29,30)26-14-4-5-18-8-9-19(15-22(18)26)25-33(27,28)21-12-13-23(31-2)24(16-21)32-3/h6-13,15-16,25H,4-5,14H2,1-3H3. The third-order valence-electron chi connectivity index (χ3n) is 5.69. The maximum absolute atomic E-state index is 13.4. The highest BCUT2D eigenvalue weighted by atomic mass is 32.2. The molecule has 3 aromatic rings. The molecule has 1 aliphatic rings. The second-order valence-electron chi connectivity index (χ2n) is 7.96. The zero-order chi connectivity index (χ0) is 24.5. The van der Waals surface area contributed by atoms with Crippen molar-refractivity contribution in [2.75, 3.05) is 29.8 Å². The first-order valence-electron chi connectivity index (χ1n) is 10.6. The highest BCUT2D eigenvalue weighted by Gasteiger charge is 2.29. The number of nitrogens with zero attached hydrogens (tertiary/aromatic N) is 1. The van der Waals surface area contributed by atoms with E-state index in [0.29, 0.717) is 30.8 Å². The second-order valence-corrected chi connectivity index (χ2v) is 11.5. The lowest BCUT2D eigenvalue weighted by molar-refractivity contribution is 0.354. The van der Waals surface area contributed by atoms with Crippen molar-refractivity contribution in [3.05, 3.63) is 71.8 Å². The number of ether oxygens (including phenoxy) is 2. The molecule has 0 amide bonds. The Morgan fingerprint density at radius 1 is 0.824 bits per heavy atom. The fourth-order valence-electron chi connectivity index (χ4n) is 3.89. The van der Waals surface area contributed by atoms with Gasteiger partial charge in [0.15, 0.2) is 11.5 Å². The van der Waals surface area contributed by atoms with Crippen molar-refractivity contribution in [1.82, 2.24) is 0 Å². The van der Waals surface area contributed by atoms with Crippen LogP contribution in [0.1, 0.15) is 17.5 Å². The van der Waals surface area contributed by atoms with Crippen LogP contribution in [0.4, 0.5) is 11.4 Å². The summed E-state index contributed by atoms with van der Waals surface area (Å²) >= 11 is 0. The van der Waals surface area contributed by atoms with E-state index in [1.54, 1.807) is 42.5 Å². The SMILES string of the molecule is COc1ccc(S(=O)(=O)Nc2ccc3c(c2)N(S(=O)(=O)c2ccc(C)cc2)CCC3)cc1OC. The molecule has 34 heavy (non-hydrogen) atoms. The highest BCUT2D eigenvalue weighted by Crippen LogP contribution is 2.35. The van der Waals surface area contributed by atoms with Gasteiger partial charge in [-0.2, -0.15) is 0 Å². The van der Waals surface area contributed by atoms with Crippen molar-refractivity contribution in [3.8, 4) is 11.5 Å². The zero-order valence-electron chi connectivity index (χ0n) is 19.1.